The number of sulfonamides is 1. The average Bonchev–Trinajstić information content (AvgIpc) is 2.69. The monoisotopic (exact) mass is 398 g/mol. The van der Waals surface area contributed by atoms with E-state index in [0.717, 1.165) is 0 Å². The topological polar surface area (TPSA) is 98.5 Å². The Morgan fingerprint density at radius 2 is 1.61 bits per heavy atom. The van der Waals surface area contributed by atoms with Crippen LogP contribution in [0.5, 0.6) is 5.75 Å². The quantitative estimate of drug-likeness (QED) is 0.468. The SMILES string of the molecule is CCOc1ccc(S(=O)(=O)Nc2ccc(-c3ccccc3[N+](=O)[O-])cc2)cc1. The molecule has 0 aliphatic carbocycles. The van der Waals surface area contributed by atoms with Crippen LogP contribution in [0.2, 0.25) is 0 Å². The molecule has 3 rings (SSSR count). The second-order valence-electron chi connectivity index (χ2n) is 5.86. The van der Waals surface area contributed by atoms with Crippen molar-refractivity contribution in [2.75, 3.05) is 11.3 Å². The third-order valence-electron chi connectivity index (χ3n) is 3.99. The maximum absolute atomic E-state index is 12.5. The molecule has 0 heterocycles. The molecule has 144 valence electrons. The third kappa shape index (κ3) is 4.29. The molecule has 0 aliphatic heterocycles. The van der Waals surface area contributed by atoms with Crippen LogP contribution in [0.25, 0.3) is 11.1 Å². The molecule has 0 spiro atoms. The zero-order valence-electron chi connectivity index (χ0n) is 15.0. The number of nitro benzene ring substituents is 1. The van der Waals surface area contributed by atoms with Gasteiger partial charge in [-0.25, -0.2) is 8.42 Å². The minimum absolute atomic E-state index is 0.00906. The molecule has 28 heavy (non-hydrogen) atoms. The molecule has 0 radical (unpaired) electrons. The van der Waals surface area contributed by atoms with E-state index >= 15 is 0 Å². The number of nitrogens with one attached hydrogen (secondary N) is 1. The largest absolute Gasteiger partial charge is 0.494 e. The highest BCUT2D eigenvalue weighted by Crippen LogP contribution is 2.30. The average molecular weight is 398 g/mol. The Balaban J connectivity index is 1.81. The molecule has 0 saturated carbocycles. The number of hydrogen-bond donors (Lipinski definition) is 1. The van der Waals surface area contributed by atoms with Gasteiger partial charge in [0.05, 0.1) is 22.0 Å². The van der Waals surface area contributed by atoms with Crippen LogP contribution in [0.15, 0.2) is 77.7 Å². The molecule has 3 aromatic carbocycles. The van der Waals surface area contributed by atoms with E-state index in [4.69, 9.17) is 4.74 Å². The zero-order chi connectivity index (χ0) is 20.1. The minimum atomic E-state index is -3.76. The van der Waals surface area contributed by atoms with Crippen LogP contribution in [0.3, 0.4) is 0 Å². The fraction of sp³-hybridized carbons (Fsp3) is 0.100. The maximum Gasteiger partial charge on any atom is 0.277 e. The fourth-order valence-electron chi connectivity index (χ4n) is 2.69. The second kappa shape index (κ2) is 8.10. The second-order valence-corrected chi connectivity index (χ2v) is 7.54. The number of anilines is 1. The first-order valence-corrected chi connectivity index (χ1v) is 9.98. The van der Waals surface area contributed by atoms with Gasteiger partial charge < -0.3 is 4.74 Å². The summed E-state index contributed by atoms with van der Waals surface area (Å²) in [5.41, 5.74) is 1.44. The lowest BCUT2D eigenvalue weighted by atomic mass is 10.0. The predicted molar refractivity (Wildman–Crippen MR) is 107 cm³/mol. The summed E-state index contributed by atoms with van der Waals surface area (Å²) < 4.78 is 32.9. The molecule has 0 aliphatic rings. The lowest BCUT2D eigenvalue weighted by Gasteiger charge is -2.10. The number of para-hydroxylation sites is 1. The van der Waals surface area contributed by atoms with Crippen molar-refractivity contribution < 1.29 is 18.1 Å². The van der Waals surface area contributed by atoms with E-state index in [1.807, 2.05) is 6.92 Å². The molecule has 0 aromatic heterocycles. The summed E-state index contributed by atoms with van der Waals surface area (Å²) in [7, 11) is -3.76. The van der Waals surface area contributed by atoms with E-state index in [-0.39, 0.29) is 10.6 Å². The van der Waals surface area contributed by atoms with Gasteiger partial charge in [0.15, 0.2) is 0 Å². The highest BCUT2D eigenvalue weighted by atomic mass is 32.2. The Bertz CT molecular complexity index is 1080. The van der Waals surface area contributed by atoms with Gasteiger partial charge in [0.2, 0.25) is 0 Å². The molecule has 0 unspecified atom stereocenters. The first-order valence-electron chi connectivity index (χ1n) is 8.50. The van der Waals surface area contributed by atoms with Crippen molar-refractivity contribution in [1.82, 2.24) is 0 Å². The van der Waals surface area contributed by atoms with Crippen LogP contribution in [-0.2, 0) is 10.0 Å². The summed E-state index contributed by atoms with van der Waals surface area (Å²) in [5, 5.41) is 11.2. The number of rotatable bonds is 7. The lowest BCUT2D eigenvalue weighted by Crippen LogP contribution is -2.12. The Hall–Kier alpha value is -3.39. The van der Waals surface area contributed by atoms with Crippen molar-refractivity contribution >= 4 is 21.4 Å². The van der Waals surface area contributed by atoms with Gasteiger partial charge >= 0.3 is 0 Å². The predicted octanol–water partition coefficient (Wildman–Crippen LogP) is 4.46. The van der Waals surface area contributed by atoms with Gasteiger partial charge in [-0.1, -0.05) is 24.3 Å². The van der Waals surface area contributed by atoms with Crippen molar-refractivity contribution in [3.8, 4) is 16.9 Å². The normalized spacial score (nSPS) is 11.0. The first-order chi connectivity index (χ1) is 13.4. The van der Waals surface area contributed by atoms with Gasteiger partial charge in [-0.3, -0.25) is 14.8 Å². The van der Waals surface area contributed by atoms with E-state index in [1.54, 1.807) is 54.6 Å². The summed E-state index contributed by atoms with van der Waals surface area (Å²) in [6.07, 6.45) is 0. The molecule has 0 fully saturated rings. The Morgan fingerprint density at radius 3 is 2.21 bits per heavy atom. The standard InChI is InChI=1S/C20H18N2O5S/c1-2-27-17-11-13-18(14-12-17)28(25,26)21-16-9-7-15(8-10-16)19-5-3-4-6-20(19)22(23)24/h3-14,21H,2H2,1H3. The third-order valence-corrected chi connectivity index (χ3v) is 5.39. The van der Waals surface area contributed by atoms with Gasteiger partial charge in [-0.2, -0.15) is 0 Å². The molecule has 0 amide bonds. The number of hydrogen-bond acceptors (Lipinski definition) is 5. The van der Waals surface area contributed by atoms with Crippen LogP contribution >= 0.6 is 0 Å². The summed E-state index contributed by atoms with van der Waals surface area (Å²) in [4.78, 5) is 10.8. The molecule has 0 bridgehead atoms. The van der Waals surface area contributed by atoms with Crippen molar-refractivity contribution in [2.24, 2.45) is 0 Å². The maximum atomic E-state index is 12.5. The molecule has 1 N–H and O–H groups in total. The van der Waals surface area contributed by atoms with Crippen LogP contribution in [0, 0.1) is 10.1 Å². The number of nitrogens with zero attached hydrogens (tertiary/aromatic N) is 1. The van der Waals surface area contributed by atoms with Crippen molar-refractivity contribution in [3.05, 3.63) is 82.9 Å². The Labute approximate surface area is 162 Å². The molecular formula is C20H18N2O5S. The van der Waals surface area contributed by atoms with E-state index in [0.29, 0.717) is 29.2 Å². The Morgan fingerprint density at radius 1 is 0.964 bits per heavy atom. The molecule has 7 nitrogen and oxygen atoms in total. The number of nitro groups is 1. The molecular weight excluding hydrogens is 380 g/mol. The van der Waals surface area contributed by atoms with Crippen molar-refractivity contribution in [1.29, 1.82) is 0 Å². The molecule has 0 saturated heterocycles. The number of ether oxygens (including phenoxy) is 1. The molecule has 3 aromatic rings. The summed E-state index contributed by atoms with van der Waals surface area (Å²) in [6.45, 7) is 2.34. The lowest BCUT2D eigenvalue weighted by molar-refractivity contribution is -0.384. The smallest absolute Gasteiger partial charge is 0.277 e. The van der Waals surface area contributed by atoms with E-state index in [1.165, 1.54) is 18.2 Å². The Kier molecular flexibility index (Phi) is 5.60. The van der Waals surface area contributed by atoms with E-state index in [2.05, 4.69) is 4.72 Å². The molecule has 0 atom stereocenters. The first kappa shape index (κ1) is 19.4. The highest BCUT2D eigenvalue weighted by Gasteiger charge is 2.16. The van der Waals surface area contributed by atoms with Gasteiger partial charge in [-0.15, -0.1) is 0 Å². The van der Waals surface area contributed by atoms with E-state index in [9.17, 15) is 18.5 Å². The van der Waals surface area contributed by atoms with Crippen LogP contribution in [-0.4, -0.2) is 19.9 Å². The molecule has 8 heteroatoms. The van der Waals surface area contributed by atoms with Crippen LogP contribution in [0.1, 0.15) is 6.92 Å². The van der Waals surface area contributed by atoms with Gasteiger partial charge in [-0.05, 0) is 55.0 Å². The van der Waals surface area contributed by atoms with Crippen molar-refractivity contribution in [2.45, 2.75) is 11.8 Å². The van der Waals surface area contributed by atoms with Crippen LogP contribution in [0.4, 0.5) is 11.4 Å². The van der Waals surface area contributed by atoms with Gasteiger partial charge in [0, 0.05) is 11.8 Å². The fourth-order valence-corrected chi connectivity index (χ4v) is 3.75. The van der Waals surface area contributed by atoms with Crippen molar-refractivity contribution in [3.63, 3.8) is 0 Å². The number of benzene rings is 3. The van der Waals surface area contributed by atoms with Gasteiger partial charge in [0.1, 0.15) is 5.75 Å². The van der Waals surface area contributed by atoms with E-state index < -0.39 is 14.9 Å². The minimum Gasteiger partial charge on any atom is -0.494 e. The highest BCUT2D eigenvalue weighted by molar-refractivity contribution is 7.92. The summed E-state index contributed by atoms with van der Waals surface area (Å²) >= 11 is 0. The van der Waals surface area contributed by atoms with Crippen LogP contribution < -0.4 is 9.46 Å². The zero-order valence-corrected chi connectivity index (χ0v) is 15.8. The summed E-state index contributed by atoms with van der Waals surface area (Å²) in [5.74, 6) is 0.593. The summed E-state index contributed by atoms with van der Waals surface area (Å²) in [6, 6.07) is 18.9. The van der Waals surface area contributed by atoms with Gasteiger partial charge in [0.25, 0.3) is 15.7 Å².